The molecule has 4 atom stereocenters. The van der Waals surface area contributed by atoms with E-state index >= 15 is 0 Å². The molecule has 0 heterocycles. The van der Waals surface area contributed by atoms with Gasteiger partial charge in [0.25, 0.3) is 0 Å². The highest BCUT2D eigenvalue weighted by molar-refractivity contribution is 6.25. The van der Waals surface area contributed by atoms with Gasteiger partial charge in [-0.1, -0.05) is 46.4 Å². The number of aliphatic hydroxyl groups is 3. The van der Waals surface area contributed by atoms with E-state index in [2.05, 4.69) is 6.58 Å². The summed E-state index contributed by atoms with van der Waals surface area (Å²) >= 11 is 0. The summed E-state index contributed by atoms with van der Waals surface area (Å²) in [6.07, 6.45) is 1.87. The summed E-state index contributed by atoms with van der Waals surface area (Å²) in [6.45, 7) is 13.6. The van der Waals surface area contributed by atoms with Gasteiger partial charge >= 0.3 is 0 Å². The van der Waals surface area contributed by atoms with Gasteiger partial charge in [0, 0.05) is 27.9 Å². The minimum absolute atomic E-state index is 0.0167. The number of aromatic hydroxyl groups is 1. The maximum atomic E-state index is 14.4. The van der Waals surface area contributed by atoms with Crippen LogP contribution >= 0.6 is 0 Å². The lowest BCUT2D eigenvalue weighted by molar-refractivity contribution is -0.171. The minimum atomic E-state index is -2.65. The zero-order chi connectivity index (χ0) is 32.0. The number of aryl methyl sites for hydroxylation is 1. The third-order valence-electron chi connectivity index (χ3n) is 9.95. The number of methoxy groups -OCH3 is 1. The zero-order valence-corrected chi connectivity index (χ0v) is 25.6. The van der Waals surface area contributed by atoms with E-state index in [-0.39, 0.29) is 35.6 Å². The summed E-state index contributed by atoms with van der Waals surface area (Å²) in [5.74, 6) is -4.80. The van der Waals surface area contributed by atoms with Crippen LogP contribution in [0.5, 0.6) is 11.5 Å². The van der Waals surface area contributed by atoms with Crippen LogP contribution in [0, 0.1) is 29.6 Å². The molecular weight excluding hydrogens is 548 g/mol. The molecule has 8 heteroatoms. The predicted molar refractivity (Wildman–Crippen MR) is 162 cm³/mol. The monoisotopic (exact) mass is 586 g/mol. The number of hydrogen-bond acceptors (Lipinski definition) is 8. The van der Waals surface area contributed by atoms with Crippen LogP contribution in [0.15, 0.2) is 53.5 Å². The van der Waals surface area contributed by atoms with E-state index < -0.39 is 56.8 Å². The van der Waals surface area contributed by atoms with Crippen LogP contribution in [0.25, 0.3) is 17.2 Å². The second-order valence-electron chi connectivity index (χ2n) is 13.1. The molecule has 1 unspecified atom stereocenters. The second-order valence-corrected chi connectivity index (χ2v) is 13.1. The highest BCUT2D eigenvalue weighted by Crippen LogP contribution is 2.65. The summed E-state index contributed by atoms with van der Waals surface area (Å²) in [5.41, 5.74) is -2.94. The van der Waals surface area contributed by atoms with E-state index in [4.69, 9.17) is 4.74 Å². The Balaban J connectivity index is 1.85. The lowest BCUT2D eigenvalue weighted by Gasteiger charge is -2.59. The van der Waals surface area contributed by atoms with E-state index in [1.807, 2.05) is 12.1 Å². The number of phenolic OH excluding ortho intramolecular Hbond substituents is 1. The molecule has 4 N–H and O–H groups in total. The fourth-order valence-electron chi connectivity index (χ4n) is 8.24. The van der Waals surface area contributed by atoms with Crippen LogP contribution in [-0.4, -0.2) is 50.5 Å². The Morgan fingerprint density at radius 3 is 2.33 bits per heavy atom. The summed E-state index contributed by atoms with van der Waals surface area (Å²) in [7, 11) is 1.54. The molecule has 0 amide bonds. The van der Waals surface area contributed by atoms with Gasteiger partial charge in [-0.3, -0.25) is 14.4 Å². The molecule has 0 bridgehead atoms. The summed E-state index contributed by atoms with van der Waals surface area (Å²) < 4.78 is 5.67. The number of allylic oxidation sites excluding steroid dienone is 2. The molecule has 5 rings (SSSR count). The van der Waals surface area contributed by atoms with Crippen molar-refractivity contribution in [2.75, 3.05) is 7.11 Å². The first-order valence-electron chi connectivity index (χ1n) is 14.4. The molecule has 3 aliphatic carbocycles. The molecular formula is C35H38O8. The standard InChI is InChI=1S/C35H38O8/c1-9-19-10-11-23(43-8)21(13-19)20-12-17(4)28(37)25-22(20)14-33(6)15-34(7)26(16(2)3)29(38)24(18(5)36)31(40)35(34,42)32(41)27(33)30(25)39/h9-13,16,26,37-38,41-42H,1,14-15H2,2-8H3/t26?,33-,34-,35+/m1/s1. The number of ketones is 3. The van der Waals surface area contributed by atoms with Crippen molar-refractivity contribution in [1.29, 1.82) is 0 Å². The molecule has 0 aromatic heterocycles. The number of benzene rings is 2. The number of fused-ring (bicyclic) bond motifs is 3. The van der Waals surface area contributed by atoms with Crippen molar-refractivity contribution >= 4 is 23.4 Å². The van der Waals surface area contributed by atoms with Gasteiger partial charge in [0.1, 0.15) is 28.6 Å². The Morgan fingerprint density at radius 1 is 1.12 bits per heavy atom. The van der Waals surface area contributed by atoms with Crippen LogP contribution in [-0.2, 0) is 16.0 Å². The lowest BCUT2D eigenvalue weighted by Crippen LogP contribution is -2.67. The highest BCUT2D eigenvalue weighted by Gasteiger charge is 2.71. The Labute approximate surface area is 251 Å². The third kappa shape index (κ3) is 3.81. The summed E-state index contributed by atoms with van der Waals surface area (Å²) in [6, 6.07) is 7.33. The van der Waals surface area contributed by atoms with E-state index in [1.54, 1.807) is 59.9 Å². The van der Waals surface area contributed by atoms with Crippen LogP contribution in [0.4, 0.5) is 0 Å². The van der Waals surface area contributed by atoms with Crippen molar-refractivity contribution < 1.29 is 39.5 Å². The average molecular weight is 587 g/mol. The van der Waals surface area contributed by atoms with Crippen molar-refractivity contribution in [2.24, 2.45) is 22.7 Å². The van der Waals surface area contributed by atoms with Gasteiger partial charge in [-0.05, 0) is 73.1 Å². The smallest absolute Gasteiger partial charge is 0.209 e. The topological polar surface area (TPSA) is 141 Å². The molecule has 0 radical (unpaired) electrons. The van der Waals surface area contributed by atoms with Gasteiger partial charge < -0.3 is 25.2 Å². The molecule has 0 aliphatic heterocycles. The van der Waals surface area contributed by atoms with Gasteiger partial charge in [-0.2, -0.15) is 0 Å². The van der Waals surface area contributed by atoms with E-state index in [9.17, 15) is 34.8 Å². The Bertz CT molecular complexity index is 1710. The van der Waals surface area contributed by atoms with Gasteiger partial charge in [-0.25, -0.2) is 0 Å². The van der Waals surface area contributed by atoms with Crippen molar-refractivity contribution in [1.82, 2.24) is 0 Å². The number of ether oxygens (including phenoxy) is 1. The first-order valence-corrected chi connectivity index (χ1v) is 14.4. The second kappa shape index (κ2) is 9.67. The number of Topliss-reactive ketones (excluding diaryl/α,β-unsaturated/α-hetero) is 3. The van der Waals surface area contributed by atoms with Gasteiger partial charge in [0.15, 0.2) is 17.2 Å². The number of phenols is 1. The van der Waals surface area contributed by atoms with Crippen molar-refractivity contribution in [2.45, 2.75) is 60.0 Å². The number of hydrogen-bond donors (Lipinski definition) is 4. The average Bonchev–Trinajstić information content (AvgIpc) is 2.91. The van der Waals surface area contributed by atoms with Crippen LogP contribution in [0.2, 0.25) is 0 Å². The van der Waals surface area contributed by atoms with Crippen LogP contribution < -0.4 is 4.74 Å². The molecule has 43 heavy (non-hydrogen) atoms. The fraction of sp³-hybridized carbons (Fsp3) is 0.400. The predicted octanol–water partition coefficient (Wildman–Crippen LogP) is 5.97. The number of carbonyl (C=O) groups excluding carboxylic acids is 3. The number of rotatable bonds is 5. The molecule has 8 nitrogen and oxygen atoms in total. The molecule has 226 valence electrons. The summed E-state index contributed by atoms with van der Waals surface area (Å²) in [4.78, 5) is 40.9. The maximum absolute atomic E-state index is 14.4. The van der Waals surface area contributed by atoms with E-state index in [0.717, 1.165) is 12.5 Å². The SMILES string of the molecule is C=Cc1ccc(OC)c(-c2cc(C)c(O)c3c2C[C@]2(C)C[C@]4(C)C(C(C)C)C(O)=C(C(C)=O)C(=O)[C@]4(O)C(O)=C2C3=O)c1. The normalized spacial score (nSPS) is 28.4. The number of aliphatic hydroxyl groups excluding tert-OH is 2. The number of carbonyl (C=O) groups is 3. The van der Waals surface area contributed by atoms with Gasteiger partial charge in [0.05, 0.1) is 12.7 Å². The molecule has 3 aliphatic rings. The Hall–Kier alpha value is -4.17. The van der Waals surface area contributed by atoms with Crippen LogP contribution in [0.3, 0.4) is 0 Å². The first kappa shape index (κ1) is 30.3. The molecule has 0 spiro atoms. The Morgan fingerprint density at radius 2 is 1.77 bits per heavy atom. The molecule has 0 saturated heterocycles. The lowest BCUT2D eigenvalue weighted by atomic mass is 9.44. The zero-order valence-electron chi connectivity index (χ0n) is 25.6. The van der Waals surface area contributed by atoms with Crippen molar-refractivity contribution in [3.63, 3.8) is 0 Å². The summed E-state index contributed by atoms with van der Waals surface area (Å²) in [5, 5.41) is 46.7. The minimum Gasteiger partial charge on any atom is -0.511 e. The quantitative estimate of drug-likeness (QED) is 0.314. The fourth-order valence-corrected chi connectivity index (χ4v) is 8.24. The van der Waals surface area contributed by atoms with Crippen molar-refractivity contribution in [3.05, 3.63) is 75.8 Å². The van der Waals surface area contributed by atoms with E-state index in [1.165, 1.54) is 0 Å². The van der Waals surface area contributed by atoms with Crippen LogP contribution in [0.1, 0.15) is 68.1 Å². The van der Waals surface area contributed by atoms with E-state index in [0.29, 0.717) is 28.0 Å². The highest BCUT2D eigenvalue weighted by atomic mass is 16.5. The molecule has 0 saturated carbocycles. The Kier molecular flexibility index (Phi) is 6.82. The first-order chi connectivity index (χ1) is 20.0. The molecule has 2 aromatic carbocycles. The van der Waals surface area contributed by atoms with Crippen molar-refractivity contribution in [3.8, 4) is 22.6 Å². The van der Waals surface area contributed by atoms with Gasteiger partial charge in [-0.15, -0.1) is 0 Å². The largest absolute Gasteiger partial charge is 0.511 e. The molecule has 2 aromatic rings. The van der Waals surface area contributed by atoms with Gasteiger partial charge in [0.2, 0.25) is 5.78 Å². The third-order valence-corrected chi connectivity index (χ3v) is 9.95. The molecule has 0 fully saturated rings. The maximum Gasteiger partial charge on any atom is 0.209 e.